The Balaban J connectivity index is 0.00000300. The van der Waals surface area contributed by atoms with Crippen LogP contribution in [0.2, 0.25) is 0 Å². The summed E-state index contributed by atoms with van der Waals surface area (Å²) in [6, 6.07) is 6.08. The second-order valence-electron chi connectivity index (χ2n) is 6.58. The predicted octanol–water partition coefficient (Wildman–Crippen LogP) is 1.91. The van der Waals surface area contributed by atoms with Gasteiger partial charge in [-0.15, -0.1) is 24.0 Å². The fourth-order valence-corrected chi connectivity index (χ4v) is 3.26. The molecule has 160 valence electrons. The molecule has 2 heterocycles. The highest BCUT2D eigenvalue weighted by molar-refractivity contribution is 14.0. The molecule has 2 aromatic rings. The summed E-state index contributed by atoms with van der Waals surface area (Å²) in [7, 11) is 5.10. The summed E-state index contributed by atoms with van der Waals surface area (Å²) < 4.78 is 15.7. The van der Waals surface area contributed by atoms with Crippen LogP contribution in [0.3, 0.4) is 0 Å². The van der Waals surface area contributed by atoms with E-state index in [0.717, 1.165) is 50.2 Å². The van der Waals surface area contributed by atoms with E-state index in [4.69, 9.17) is 14.0 Å². The normalized spacial score (nSPS) is 15.0. The van der Waals surface area contributed by atoms with E-state index in [1.165, 1.54) is 5.56 Å². The molecule has 1 aliphatic heterocycles. The van der Waals surface area contributed by atoms with Crippen LogP contribution in [0.1, 0.15) is 17.3 Å². The number of benzene rings is 1. The largest absolute Gasteiger partial charge is 0.493 e. The number of aliphatic imine (C=N–C) groups is 1. The van der Waals surface area contributed by atoms with Crippen LogP contribution < -0.4 is 14.8 Å². The van der Waals surface area contributed by atoms with E-state index in [-0.39, 0.29) is 24.0 Å². The number of hydrogen-bond donors (Lipinski definition) is 1. The fraction of sp³-hybridized carbons (Fsp3) is 0.526. The Morgan fingerprint density at radius 1 is 1.17 bits per heavy atom. The van der Waals surface area contributed by atoms with Crippen molar-refractivity contribution in [2.24, 2.45) is 4.99 Å². The zero-order chi connectivity index (χ0) is 19.9. The van der Waals surface area contributed by atoms with Gasteiger partial charge in [-0.05, 0) is 17.7 Å². The van der Waals surface area contributed by atoms with Gasteiger partial charge in [0.05, 0.1) is 20.8 Å². The van der Waals surface area contributed by atoms with Gasteiger partial charge in [-0.25, -0.2) is 0 Å². The highest BCUT2D eigenvalue weighted by Crippen LogP contribution is 2.28. The average molecular weight is 516 g/mol. The standard InChI is InChI=1S/C19H28N6O3.HI/c1-14-22-18(23-28-14)12-21-19(20-2)25-9-7-24(8-10-25)13-15-5-6-16(26-3)17(11-15)27-4;/h5-6,11H,7-10,12-13H2,1-4H3,(H,20,21);1H. The topological polar surface area (TPSA) is 88.2 Å². The molecular formula is C19H29IN6O3. The van der Waals surface area contributed by atoms with Crippen molar-refractivity contribution in [2.45, 2.75) is 20.0 Å². The molecule has 0 amide bonds. The van der Waals surface area contributed by atoms with Crippen LogP contribution in [-0.4, -0.2) is 73.3 Å². The van der Waals surface area contributed by atoms with E-state index in [2.05, 4.69) is 36.3 Å². The van der Waals surface area contributed by atoms with Gasteiger partial charge in [0, 0.05) is 46.7 Å². The maximum atomic E-state index is 5.40. The molecule has 0 bridgehead atoms. The van der Waals surface area contributed by atoms with Crippen LogP contribution in [0.15, 0.2) is 27.7 Å². The fourth-order valence-electron chi connectivity index (χ4n) is 3.26. The number of aryl methyl sites for hydroxylation is 1. The average Bonchev–Trinajstić information content (AvgIpc) is 3.14. The van der Waals surface area contributed by atoms with Gasteiger partial charge in [0.15, 0.2) is 23.3 Å². The molecule has 0 unspecified atom stereocenters. The lowest BCUT2D eigenvalue weighted by molar-refractivity contribution is 0.172. The van der Waals surface area contributed by atoms with Crippen molar-refractivity contribution in [3.63, 3.8) is 0 Å². The molecule has 1 aliphatic rings. The molecule has 3 rings (SSSR count). The molecule has 9 nitrogen and oxygen atoms in total. The number of hydrogen-bond acceptors (Lipinski definition) is 7. The molecule has 0 spiro atoms. The van der Waals surface area contributed by atoms with E-state index < -0.39 is 0 Å². The first-order valence-electron chi connectivity index (χ1n) is 9.31. The quantitative estimate of drug-likeness (QED) is 0.354. The van der Waals surface area contributed by atoms with Gasteiger partial charge in [-0.2, -0.15) is 4.98 Å². The smallest absolute Gasteiger partial charge is 0.223 e. The third-order valence-electron chi connectivity index (χ3n) is 4.71. The summed E-state index contributed by atoms with van der Waals surface area (Å²) >= 11 is 0. The molecule has 0 saturated carbocycles. The van der Waals surface area contributed by atoms with Crippen LogP contribution in [0.4, 0.5) is 0 Å². The number of methoxy groups -OCH3 is 2. The summed E-state index contributed by atoms with van der Waals surface area (Å²) in [6.45, 7) is 6.87. The molecule has 1 saturated heterocycles. The number of nitrogens with zero attached hydrogens (tertiary/aromatic N) is 5. The minimum Gasteiger partial charge on any atom is -0.493 e. The van der Waals surface area contributed by atoms with Gasteiger partial charge in [0.25, 0.3) is 0 Å². The summed E-state index contributed by atoms with van der Waals surface area (Å²) in [6.07, 6.45) is 0. The Bertz CT molecular complexity index is 805. The van der Waals surface area contributed by atoms with Crippen molar-refractivity contribution in [3.8, 4) is 11.5 Å². The maximum absolute atomic E-state index is 5.40. The molecular weight excluding hydrogens is 487 g/mol. The zero-order valence-electron chi connectivity index (χ0n) is 17.3. The van der Waals surface area contributed by atoms with Crippen molar-refractivity contribution < 1.29 is 14.0 Å². The molecule has 0 atom stereocenters. The third kappa shape index (κ3) is 6.20. The highest BCUT2D eigenvalue weighted by Gasteiger charge is 2.20. The zero-order valence-corrected chi connectivity index (χ0v) is 19.7. The number of piperazine rings is 1. The molecule has 10 heteroatoms. The highest BCUT2D eigenvalue weighted by atomic mass is 127. The number of halogens is 1. The van der Waals surface area contributed by atoms with Crippen LogP contribution in [0, 0.1) is 6.92 Å². The summed E-state index contributed by atoms with van der Waals surface area (Å²) in [4.78, 5) is 13.3. The summed E-state index contributed by atoms with van der Waals surface area (Å²) in [5, 5.41) is 7.21. The van der Waals surface area contributed by atoms with Crippen molar-refractivity contribution in [3.05, 3.63) is 35.5 Å². The monoisotopic (exact) mass is 516 g/mol. The van der Waals surface area contributed by atoms with Gasteiger partial charge < -0.3 is 24.2 Å². The Morgan fingerprint density at radius 2 is 1.90 bits per heavy atom. The number of nitrogens with one attached hydrogen (secondary N) is 1. The molecule has 1 fully saturated rings. The molecule has 0 radical (unpaired) electrons. The molecule has 1 aromatic carbocycles. The lowest BCUT2D eigenvalue weighted by Crippen LogP contribution is -2.52. The van der Waals surface area contributed by atoms with Gasteiger partial charge in [0.2, 0.25) is 5.89 Å². The number of guanidine groups is 1. The van der Waals surface area contributed by atoms with Crippen LogP contribution in [0.5, 0.6) is 11.5 Å². The first kappa shape index (κ1) is 23.2. The molecule has 29 heavy (non-hydrogen) atoms. The lowest BCUT2D eigenvalue weighted by Gasteiger charge is -2.36. The Morgan fingerprint density at radius 3 is 2.48 bits per heavy atom. The Hall–Kier alpha value is -2.08. The van der Waals surface area contributed by atoms with E-state index in [0.29, 0.717) is 18.3 Å². The SMILES string of the molecule is CN=C(NCc1noc(C)n1)N1CCN(Cc2ccc(OC)c(OC)c2)CC1.I. The number of rotatable bonds is 6. The van der Waals surface area contributed by atoms with Crippen LogP contribution >= 0.6 is 24.0 Å². The Labute approximate surface area is 188 Å². The van der Waals surface area contributed by atoms with Crippen molar-refractivity contribution in [2.75, 3.05) is 47.4 Å². The van der Waals surface area contributed by atoms with Crippen molar-refractivity contribution in [1.82, 2.24) is 25.3 Å². The first-order chi connectivity index (χ1) is 13.6. The van der Waals surface area contributed by atoms with Gasteiger partial charge in [-0.3, -0.25) is 9.89 Å². The predicted molar refractivity (Wildman–Crippen MR) is 121 cm³/mol. The van der Waals surface area contributed by atoms with Crippen molar-refractivity contribution in [1.29, 1.82) is 0 Å². The molecule has 1 aromatic heterocycles. The van der Waals surface area contributed by atoms with E-state index in [1.54, 1.807) is 28.2 Å². The van der Waals surface area contributed by atoms with E-state index in [1.807, 2.05) is 12.1 Å². The second kappa shape index (κ2) is 11.2. The first-order valence-corrected chi connectivity index (χ1v) is 9.31. The Kier molecular flexibility index (Phi) is 8.96. The maximum Gasteiger partial charge on any atom is 0.223 e. The molecule has 0 aliphatic carbocycles. The minimum absolute atomic E-state index is 0. The van der Waals surface area contributed by atoms with E-state index in [9.17, 15) is 0 Å². The number of ether oxygens (including phenoxy) is 2. The van der Waals surface area contributed by atoms with Gasteiger partial charge in [0.1, 0.15) is 0 Å². The molecule has 1 N–H and O–H groups in total. The van der Waals surface area contributed by atoms with Crippen LogP contribution in [0.25, 0.3) is 0 Å². The summed E-state index contributed by atoms with van der Waals surface area (Å²) in [5.41, 5.74) is 1.21. The number of aromatic nitrogens is 2. The third-order valence-corrected chi connectivity index (χ3v) is 4.71. The van der Waals surface area contributed by atoms with E-state index >= 15 is 0 Å². The second-order valence-corrected chi connectivity index (χ2v) is 6.58. The van der Waals surface area contributed by atoms with Crippen molar-refractivity contribution >= 4 is 29.9 Å². The van der Waals surface area contributed by atoms with Gasteiger partial charge in [-0.1, -0.05) is 11.2 Å². The lowest BCUT2D eigenvalue weighted by atomic mass is 10.1. The summed E-state index contributed by atoms with van der Waals surface area (Å²) in [5.74, 6) is 3.57. The minimum atomic E-state index is 0. The van der Waals surface area contributed by atoms with Gasteiger partial charge >= 0.3 is 0 Å². The van der Waals surface area contributed by atoms with Crippen LogP contribution in [-0.2, 0) is 13.1 Å².